The van der Waals surface area contributed by atoms with Gasteiger partial charge in [-0.25, -0.2) is 4.79 Å². The van der Waals surface area contributed by atoms with Crippen molar-refractivity contribution in [3.63, 3.8) is 0 Å². The van der Waals surface area contributed by atoms with Crippen LogP contribution in [0.5, 0.6) is 0 Å². The predicted octanol–water partition coefficient (Wildman–Crippen LogP) is 4.04. The van der Waals surface area contributed by atoms with Crippen LogP contribution >= 0.6 is 27.7 Å². The zero-order valence-corrected chi connectivity index (χ0v) is 11.2. The Balaban J connectivity index is 2.03. The van der Waals surface area contributed by atoms with E-state index in [2.05, 4.69) is 15.9 Å². The third-order valence-electron chi connectivity index (χ3n) is 2.65. The second kappa shape index (κ2) is 5.23. The van der Waals surface area contributed by atoms with Crippen molar-refractivity contribution in [2.45, 2.75) is 24.2 Å². The first-order valence-electron chi connectivity index (χ1n) is 5.32. The van der Waals surface area contributed by atoms with Crippen molar-refractivity contribution >= 4 is 33.7 Å². The number of carboxylic acids is 1. The van der Waals surface area contributed by atoms with Gasteiger partial charge < -0.3 is 5.11 Å². The minimum Gasteiger partial charge on any atom is -0.478 e. The molecule has 16 heavy (non-hydrogen) atoms. The average molecular weight is 301 g/mol. The summed E-state index contributed by atoms with van der Waals surface area (Å²) in [6.07, 6.45) is 3.91. The van der Waals surface area contributed by atoms with E-state index in [-0.39, 0.29) is 0 Å². The van der Waals surface area contributed by atoms with Crippen LogP contribution in [0.4, 0.5) is 0 Å². The average Bonchev–Trinajstić information content (AvgIpc) is 3.01. The summed E-state index contributed by atoms with van der Waals surface area (Å²) < 4.78 is 0.937. The molecule has 1 aliphatic rings. The highest BCUT2D eigenvalue weighted by atomic mass is 79.9. The second-order valence-electron chi connectivity index (χ2n) is 4.03. The van der Waals surface area contributed by atoms with Gasteiger partial charge >= 0.3 is 5.97 Å². The Morgan fingerprint density at radius 2 is 2.25 bits per heavy atom. The number of thioether (sulfide) groups is 1. The maximum atomic E-state index is 11.0. The van der Waals surface area contributed by atoms with Gasteiger partial charge in [-0.1, -0.05) is 28.8 Å². The highest BCUT2D eigenvalue weighted by molar-refractivity contribution is 9.10. The highest BCUT2D eigenvalue weighted by Crippen LogP contribution is 2.35. The molecule has 0 heterocycles. The molecule has 0 radical (unpaired) electrons. The van der Waals surface area contributed by atoms with Gasteiger partial charge in [0.05, 0.1) is 5.56 Å². The lowest BCUT2D eigenvalue weighted by Gasteiger charge is -2.06. The number of carboxylic acid groups (broad SMARTS) is 1. The zero-order chi connectivity index (χ0) is 11.5. The minimum atomic E-state index is -0.846. The van der Waals surface area contributed by atoms with E-state index in [1.807, 2.05) is 6.07 Å². The third kappa shape index (κ3) is 3.25. The Hall–Kier alpha value is -0.480. The van der Waals surface area contributed by atoms with Crippen molar-refractivity contribution in [2.24, 2.45) is 5.92 Å². The maximum absolute atomic E-state index is 11.0. The van der Waals surface area contributed by atoms with Crippen LogP contribution in [-0.4, -0.2) is 16.8 Å². The molecule has 0 saturated heterocycles. The molecule has 2 nitrogen and oxygen atoms in total. The molecule has 4 heteroatoms. The van der Waals surface area contributed by atoms with Crippen molar-refractivity contribution in [1.29, 1.82) is 0 Å². The van der Waals surface area contributed by atoms with Crippen LogP contribution in [0.1, 0.15) is 29.6 Å². The molecule has 1 aliphatic carbocycles. The van der Waals surface area contributed by atoms with Crippen LogP contribution in [0.25, 0.3) is 0 Å². The van der Waals surface area contributed by atoms with Gasteiger partial charge in [-0.15, -0.1) is 11.8 Å². The molecule has 0 unspecified atom stereocenters. The summed E-state index contributed by atoms with van der Waals surface area (Å²) in [5, 5.41) is 9.05. The van der Waals surface area contributed by atoms with Gasteiger partial charge in [0.25, 0.3) is 0 Å². The number of benzene rings is 1. The van der Waals surface area contributed by atoms with E-state index in [1.54, 1.807) is 23.9 Å². The summed E-state index contributed by atoms with van der Waals surface area (Å²) in [4.78, 5) is 11.9. The Labute approximate surface area is 108 Å². The van der Waals surface area contributed by atoms with Crippen molar-refractivity contribution in [2.75, 3.05) is 5.75 Å². The fourth-order valence-corrected chi connectivity index (χ4v) is 3.24. The van der Waals surface area contributed by atoms with Crippen LogP contribution in [-0.2, 0) is 0 Å². The van der Waals surface area contributed by atoms with Gasteiger partial charge in [0.1, 0.15) is 0 Å². The number of aromatic carboxylic acids is 1. The molecule has 0 spiro atoms. The normalized spacial score (nSPS) is 15.1. The monoisotopic (exact) mass is 300 g/mol. The Kier molecular flexibility index (Phi) is 3.92. The molecule has 1 N–H and O–H groups in total. The van der Waals surface area contributed by atoms with Crippen molar-refractivity contribution in [3.8, 4) is 0 Å². The van der Waals surface area contributed by atoms with E-state index in [0.717, 1.165) is 21.0 Å². The van der Waals surface area contributed by atoms with E-state index in [0.29, 0.717) is 5.56 Å². The molecule has 0 aliphatic heterocycles. The quantitative estimate of drug-likeness (QED) is 0.834. The fourth-order valence-electron chi connectivity index (χ4n) is 1.53. The maximum Gasteiger partial charge on any atom is 0.336 e. The molecule has 0 atom stereocenters. The lowest BCUT2D eigenvalue weighted by Crippen LogP contribution is -1.99. The SMILES string of the molecule is O=C(O)c1ccc(Br)cc1SCCC1CC1. The molecule has 1 aromatic rings. The Morgan fingerprint density at radius 1 is 1.50 bits per heavy atom. The first kappa shape index (κ1) is 12.0. The first-order valence-corrected chi connectivity index (χ1v) is 7.10. The summed E-state index contributed by atoms with van der Waals surface area (Å²) in [6, 6.07) is 5.32. The van der Waals surface area contributed by atoms with Crippen molar-refractivity contribution < 1.29 is 9.90 Å². The lowest BCUT2D eigenvalue weighted by atomic mass is 10.2. The number of hydrogen-bond donors (Lipinski definition) is 1. The van der Waals surface area contributed by atoms with E-state index in [1.165, 1.54) is 19.3 Å². The molecule has 0 amide bonds. The van der Waals surface area contributed by atoms with Crippen molar-refractivity contribution in [1.82, 2.24) is 0 Å². The molecule has 0 bridgehead atoms. The molecule has 1 aromatic carbocycles. The van der Waals surface area contributed by atoms with Gasteiger partial charge in [0.15, 0.2) is 0 Å². The molecule has 86 valence electrons. The van der Waals surface area contributed by atoms with Gasteiger partial charge in [-0.2, -0.15) is 0 Å². The molecule has 0 aromatic heterocycles. The summed E-state index contributed by atoms with van der Waals surface area (Å²) in [7, 11) is 0. The van der Waals surface area contributed by atoms with Gasteiger partial charge in [-0.05, 0) is 36.3 Å². The summed E-state index contributed by atoms with van der Waals surface area (Å²) >= 11 is 5.02. The second-order valence-corrected chi connectivity index (χ2v) is 6.08. The van der Waals surface area contributed by atoms with Crippen LogP contribution in [0.15, 0.2) is 27.6 Å². The summed E-state index contributed by atoms with van der Waals surface area (Å²) in [5.41, 5.74) is 0.406. The van der Waals surface area contributed by atoms with Crippen LogP contribution in [0.2, 0.25) is 0 Å². The third-order valence-corrected chi connectivity index (χ3v) is 4.24. The standard InChI is InChI=1S/C12H13BrO2S/c13-9-3-4-10(12(14)15)11(7-9)16-6-5-8-1-2-8/h3-4,7-8H,1-2,5-6H2,(H,14,15). The van der Waals surface area contributed by atoms with Crippen LogP contribution < -0.4 is 0 Å². The molecular formula is C12H13BrO2S. The highest BCUT2D eigenvalue weighted by Gasteiger charge is 2.21. The predicted molar refractivity (Wildman–Crippen MR) is 69.2 cm³/mol. The van der Waals surface area contributed by atoms with Gasteiger partial charge in [-0.3, -0.25) is 0 Å². The van der Waals surface area contributed by atoms with Gasteiger partial charge in [0.2, 0.25) is 0 Å². The Morgan fingerprint density at radius 3 is 2.88 bits per heavy atom. The summed E-state index contributed by atoms with van der Waals surface area (Å²) in [5.74, 6) is 1.07. The minimum absolute atomic E-state index is 0.406. The molecule has 1 saturated carbocycles. The summed E-state index contributed by atoms with van der Waals surface area (Å²) in [6.45, 7) is 0. The number of carbonyl (C=O) groups is 1. The Bertz CT molecular complexity index is 402. The zero-order valence-electron chi connectivity index (χ0n) is 8.78. The number of hydrogen-bond acceptors (Lipinski definition) is 2. The smallest absolute Gasteiger partial charge is 0.336 e. The first-order chi connectivity index (χ1) is 7.66. The largest absolute Gasteiger partial charge is 0.478 e. The van der Waals surface area contributed by atoms with Crippen molar-refractivity contribution in [3.05, 3.63) is 28.2 Å². The van der Waals surface area contributed by atoms with Crippen LogP contribution in [0, 0.1) is 5.92 Å². The number of rotatable bonds is 5. The fraction of sp³-hybridized carbons (Fsp3) is 0.417. The number of halogens is 1. The molecule has 2 rings (SSSR count). The van der Waals surface area contributed by atoms with E-state index in [4.69, 9.17) is 5.11 Å². The van der Waals surface area contributed by atoms with E-state index in [9.17, 15) is 4.79 Å². The lowest BCUT2D eigenvalue weighted by molar-refractivity contribution is 0.0693. The molecular weight excluding hydrogens is 288 g/mol. The van der Waals surface area contributed by atoms with E-state index < -0.39 is 5.97 Å². The topological polar surface area (TPSA) is 37.3 Å². The molecule has 1 fully saturated rings. The van der Waals surface area contributed by atoms with E-state index >= 15 is 0 Å². The van der Waals surface area contributed by atoms with Crippen LogP contribution in [0.3, 0.4) is 0 Å². The van der Waals surface area contributed by atoms with Gasteiger partial charge in [0, 0.05) is 9.37 Å².